The molecular weight excluding hydrogens is 468 g/mol. The quantitative estimate of drug-likeness (QED) is 0.200. The molecule has 0 unspecified atom stereocenters. The number of fused-ring (bicyclic) bond motifs is 1. The SMILES string of the molecule is CCN(CCCOc1ccc(OC)c(Nc2nc(Nc3ccccc3OC)c3cc[nH]c3n2)c1)C1CC1. The van der Waals surface area contributed by atoms with Crippen LogP contribution in [0.15, 0.2) is 54.7 Å². The molecule has 0 radical (unpaired) electrons. The Kier molecular flexibility index (Phi) is 7.60. The van der Waals surface area contributed by atoms with Gasteiger partial charge in [0.1, 0.15) is 28.7 Å². The summed E-state index contributed by atoms with van der Waals surface area (Å²) < 4.78 is 17.1. The molecule has 0 bridgehead atoms. The number of hydrogen-bond acceptors (Lipinski definition) is 8. The predicted molar refractivity (Wildman–Crippen MR) is 147 cm³/mol. The fourth-order valence-electron chi connectivity index (χ4n) is 4.46. The first-order chi connectivity index (χ1) is 18.2. The van der Waals surface area contributed by atoms with Gasteiger partial charge in [-0.05, 0) is 56.1 Å². The van der Waals surface area contributed by atoms with E-state index in [2.05, 4.69) is 32.4 Å². The van der Waals surface area contributed by atoms with Gasteiger partial charge in [-0.2, -0.15) is 9.97 Å². The van der Waals surface area contributed by atoms with E-state index in [1.54, 1.807) is 14.2 Å². The van der Waals surface area contributed by atoms with Gasteiger partial charge in [-0.1, -0.05) is 19.1 Å². The number of nitrogens with one attached hydrogen (secondary N) is 3. The Labute approximate surface area is 217 Å². The number of rotatable bonds is 13. The Morgan fingerprint density at radius 2 is 1.78 bits per heavy atom. The Bertz CT molecular complexity index is 1340. The molecule has 194 valence electrons. The number of ether oxygens (including phenoxy) is 3. The summed E-state index contributed by atoms with van der Waals surface area (Å²) in [5, 5.41) is 7.57. The Morgan fingerprint density at radius 3 is 2.57 bits per heavy atom. The summed E-state index contributed by atoms with van der Waals surface area (Å²) in [6, 6.07) is 16.2. The van der Waals surface area contributed by atoms with Gasteiger partial charge in [0.2, 0.25) is 5.95 Å². The predicted octanol–water partition coefficient (Wildman–Crippen LogP) is 5.72. The van der Waals surface area contributed by atoms with E-state index in [0.29, 0.717) is 29.8 Å². The van der Waals surface area contributed by atoms with Crippen LogP contribution in [0, 0.1) is 0 Å². The smallest absolute Gasteiger partial charge is 0.231 e. The maximum atomic E-state index is 6.07. The molecule has 9 nitrogen and oxygen atoms in total. The van der Waals surface area contributed by atoms with Gasteiger partial charge in [0.25, 0.3) is 0 Å². The largest absolute Gasteiger partial charge is 0.495 e. The maximum Gasteiger partial charge on any atom is 0.231 e. The number of para-hydroxylation sites is 2. The van der Waals surface area contributed by atoms with Gasteiger partial charge in [0.05, 0.1) is 37.6 Å². The minimum atomic E-state index is 0.422. The Hall–Kier alpha value is -3.98. The first-order valence-corrected chi connectivity index (χ1v) is 12.8. The Morgan fingerprint density at radius 1 is 0.973 bits per heavy atom. The molecule has 0 aliphatic heterocycles. The van der Waals surface area contributed by atoms with Crippen molar-refractivity contribution in [3.05, 3.63) is 54.7 Å². The molecule has 2 aromatic carbocycles. The molecule has 2 heterocycles. The van der Waals surface area contributed by atoms with E-state index in [-0.39, 0.29) is 0 Å². The minimum absolute atomic E-state index is 0.422. The molecule has 1 fully saturated rings. The average molecular weight is 503 g/mol. The third-order valence-corrected chi connectivity index (χ3v) is 6.52. The third-order valence-electron chi connectivity index (χ3n) is 6.52. The molecule has 0 spiro atoms. The zero-order valence-corrected chi connectivity index (χ0v) is 21.6. The molecule has 0 amide bonds. The van der Waals surface area contributed by atoms with E-state index in [9.17, 15) is 0 Å². The number of hydrogen-bond donors (Lipinski definition) is 3. The van der Waals surface area contributed by atoms with E-state index in [0.717, 1.165) is 53.8 Å². The molecule has 3 N–H and O–H groups in total. The average Bonchev–Trinajstić information content (AvgIpc) is 3.65. The molecule has 4 aromatic rings. The van der Waals surface area contributed by atoms with Gasteiger partial charge >= 0.3 is 0 Å². The van der Waals surface area contributed by atoms with Gasteiger partial charge in [-0.3, -0.25) is 0 Å². The second-order valence-corrected chi connectivity index (χ2v) is 9.01. The van der Waals surface area contributed by atoms with E-state index in [4.69, 9.17) is 19.2 Å². The van der Waals surface area contributed by atoms with Crippen LogP contribution in [-0.4, -0.2) is 59.8 Å². The Balaban J connectivity index is 1.33. The molecule has 37 heavy (non-hydrogen) atoms. The normalized spacial score (nSPS) is 13.1. The summed E-state index contributed by atoms with van der Waals surface area (Å²) >= 11 is 0. The van der Waals surface area contributed by atoms with Crippen LogP contribution >= 0.6 is 0 Å². The van der Waals surface area contributed by atoms with Gasteiger partial charge in [-0.25, -0.2) is 0 Å². The van der Waals surface area contributed by atoms with Gasteiger partial charge in [0.15, 0.2) is 0 Å². The summed E-state index contributed by atoms with van der Waals surface area (Å²) in [4.78, 5) is 15.1. The fraction of sp³-hybridized carbons (Fsp3) is 0.357. The van der Waals surface area contributed by atoms with Crippen molar-refractivity contribution in [1.29, 1.82) is 0 Å². The first kappa shape index (κ1) is 24.7. The lowest BCUT2D eigenvalue weighted by Gasteiger charge is -2.19. The van der Waals surface area contributed by atoms with Crippen molar-refractivity contribution >= 4 is 34.2 Å². The fourth-order valence-corrected chi connectivity index (χ4v) is 4.46. The van der Waals surface area contributed by atoms with Crippen molar-refractivity contribution < 1.29 is 14.2 Å². The van der Waals surface area contributed by atoms with Crippen molar-refractivity contribution in [1.82, 2.24) is 19.9 Å². The van der Waals surface area contributed by atoms with E-state index in [1.807, 2.05) is 54.7 Å². The minimum Gasteiger partial charge on any atom is -0.495 e. The van der Waals surface area contributed by atoms with Crippen molar-refractivity contribution in [2.75, 3.05) is 44.5 Å². The van der Waals surface area contributed by atoms with Crippen LogP contribution in [0.4, 0.5) is 23.1 Å². The highest BCUT2D eigenvalue weighted by atomic mass is 16.5. The van der Waals surface area contributed by atoms with Crippen molar-refractivity contribution in [2.24, 2.45) is 0 Å². The second-order valence-electron chi connectivity index (χ2n) is 9.01. The van der Waals surface area contributed by atoms with E-state index in [1.165, 1.54) is 12.8 Å². The van der Waals surface area contributed by atoms with Crippen molar-refractivity contribution in [3.8, 4) is 17.2 Å². The maximum absolute atomic E-state index is 6.07. The lowest BCUT2D eigenvalue weighted by Crippen LogP contribution is -2.27. The topological polar surface area (TPSA) is 96.6 Å². The van der Waals surface area contributed by atoms with Gasteiger partial charge in [0, 0.05) is 24.8 Å². The number of H-pyrrole nitrogens is 1. The van der Waals surface area contributed by atoms with Gasteiger partial charge < -0.3 is 34.7 Å². The van der Waals surface area contributed by atoms with E-state index >= 15 is 0 Å². The highest BCUT2D eigenvalue weighted by Gasteiger charge is 2.27. The van der Waals surface area contributed by atoms with Crippen molar-refractivity contribution in [2.45, 2.75) is 32.2 Å². The summed E-state index contributed by atoms with van der Waals surface area (Å²) in [6.07, 6.45) is 5.49. The van der Waals surface area contributed by atoms with Crippen LogP contribution in [-0.2, 0) is 0 Å². The third kappa shape index (κ3) is 5.89. The number of benzene rings is 2. The lowest BCUT2D eigenvalue weighted by atomic mass is 10.2. The number of aromatic nitrogens is 3. The van der Waals surface area contributed by atoms with Crippen LogP contribution in [0.25, 0.3) is 11.0 Å². The number of nitrogens with zero attached hydrogens (tertiary/aromatic N) is 3. The zero-order chi connectivity index (χ0) is 25.6. The van der Waals surface area contributed by atoms with E-state index < -0.39 is 0 Å². The van der Waals surface area contributed by atoms with Crippen LogP contribution in [0.3, 0.4) is 0 Å². The molecule has 0 atom stereocenters. The highest BCUT2D eigenvalue weighted by Crippen LogP contribution is 2.34. The van der Waals surface area contributed by atoms with Crippen molar-refractivity contribution in [3.63, 3.8) is 0 Å². The van der Waals surface area contributed by atoms with Gasteiger partial charge in [-0.15, -0.1) is 0 Å². The lowest BCUT2D eigenvalue weighted by molar-refractivity contribution is 0.235. The number of methoxy groups -OCH3 is 2. The zero-order valence-electron chi connectivity index (χ0n) is 21.6. The highest BCUT2D eigenvalue weighted by molar-refractivity contribution is 5.91. The van der Waals surface area contributed by atoms with Crippen LogP contribution in [0.1, 0.15) is 26.2 Å². The van der Waals surface area contributed by atoms with Crippen LogP contribution in [0.5, 0.6) is 17.2 Å². The summed E-state index contributed by atoms with van der Waals surface area (Å²) in [5.74, 6) is 3.25. The summed E-state index contributed by atoms with van der Waals surface area (Å²) in [5.41, 5.74) is 2.24. The molecule has 1 aliphatic carbocycles. The standard InChI is InChI=1S/C28H34N6O3/c1-4-34(19-10-11-19)16-7-17-37-20-12-13-25(36-3)23(18-20)31-28-32-26-21(14-15-29-26)27(33-28)30-22-8-5-6-9-24(22)35-2/h5-6,8-9,12-15,18-19H,4,7,10-11,16-17H2,1-3H3,(H3,29,30,31,32,33). The molecule has 0 saturated heterocycles. The molecule has 5 rings (SSSR count). The molecule has 1 saturated carbocycles. The van der Waals surface area contributed by atoms with Crippen LogP contribution < -0.4 is 24.8 Å². The first-order valence-electron chi connectivity index (χ1n) is 12.8. The number of anilines is 4. The number of aromatic amines is 1. The molecular formula is C28H34N6O3. The molecule has 2 aromatic heterocycles. The second kappa shape index (κ2) is 11.4. The van der Waals surface area contributed by atoms with Crippen LogP contribution in [0.2, 0.25) is 0 Å². The molecule has 9 heteroatoms. The summed E-state index contributed by atoms with van der Waals surface area (Å²) in [7, 11) is 3.29. The monoisotopic (exact) mass is 502 g/mol. The summed E-state index contributed by atoms with van der Waals surface area (Å²) in [6.45, 7) is 5.05. The molecule has 1 aliphatic rings.